The third kappa shape index (κ3) is 4.31. The van der Waals surface area contributed by atoms with Gasteiger partial charge in [0.15, 0.2) is 0 Å². The van der Waals surface area contributed by atoms with Crippen LogP contribution in [0.2, 0.25) is 0 Å². The number of benzene rings is 2. The number of anilines is 1. The molecule has 2 amide bonds. The number of carbonyl (C=O) groups is 3. The number of thioether (sulfide) groups is 1. The Balaban J connectivity index is 1.71. The summed E-state index contributed by atoms with van der Waals surface area (Å²) in [4.78, 5) is 38.7. The molecule has 1 saturated heterocycles. The van der Waals surface area contributed by atoms with Crippen molar-refractivity contribution in [1.82, 2.24) is 5.32 Å². The normalized spacial score (nSPS) is 17.6. The monoisotopic (exact) mass is 384 g/mol. The zero-order valence-corrected chi connectivity index (χ0v) is 15.6. The number of carboxylic acids is 1. The van der Waals surface area contributed by atoms with Crippen molar-refractivity contribution < 1.29 is 19.5 Å². The highest BCUT2D eigenvalue weighted by atomic mass is 32.2. The minimum Gasteiger partial charge on any atom is -0.480 e. The molecule has 140 valence electrons. The van der Waals surface area contributed by atoms with Crippen molar-refractivity contribution in [2.45, 2.75) is 29.5 Å². The van der Waals surface area contributed by atoms with Gasteiger partial charge in [0.2, 0.25) is 5.91 Å². The molecule has 2 aromatic rings. The van der Waals surface area contributed by atoms with Crippen LogP contribution in [0.4, 0.5) is 5.69 Å². The smallest absolute Gasteiger partial charge is 0.316 e. The van der Waals surface area contributed by atoms with Crippen LogP contribution in [0.25, 0.3) is 0 Å². The Morgan fingerprint density at radius 3 is 2.52 bits per heavy atom. The quantitative estimate of drug-likeness (QED) is 0.748. The van der Waals surface area contributed by atoms with Crippen LogP contribution in [0.3, 0.4) is 0 Å². The Bertz CT molecular complexity index is 856. The van der Waals surface area contributed by atoms with Crippen LogP contribution in [-0.4, -0.2) is 40.7 Å². The van der Waals surface area contributed by atoms with E-state index >= 15 is 0 Å². The molecule has 3 rings (SSSR count). The molecule has 2 atom stereocenters. The van der Waals surface area contributed by atoms with E-state index in [1.54, 1.807) is 36.1 Å². The molecule has 1 fully saturated rings. The first-order chi connectivity index (χ1) is 13.0. The molecule has 1 aliphatic rings. The van der Waals surface area contributed by atoms with Crippen molar-refractivity contribution in [3.63, 3.8) is 0 Å². The van der Waals surface area contributed by atoms with Crippen LogP contribution in [0.1, 0.15) is 23.7 Å². The molecule has 2 unspecified atom stereocenters. The number of hydrogen-bond donors (Lipinski definition) is 2. The lowest BCUT2D eigenvalue weighted by Gasteiger charge is -2.18. The lowest BCUT2D eigenvalue weighted by atomic mass is 10.2. The number of hydrogen-bond acceptors (Lipinski definition) is 4. The summed E-state index contributed by atoms with van der Waals surface area (Å²) in [6.45, 7) is 2.11. The molecule has 1 aliphatic heterocycles. The summed E-state index contributed by atoms with van der Waals surface area (Å²) in [5.41, 5.74) is 1.19. The Kier molecular flexibility index (Phi) is 5.81. The predicted molar refractivity (Wildman–Crippen MR) is 104 cm³/mol. The average molecular weight is 384 g/mol. The Hall–Kier alpha value is -2.80. The maximum absolute atomic E-state index is 12.7. The molecule has 1 heterocycles. The zero-order valence-electron chi connectivity index (χ0n) is 14.8. The summed E-state index contributed by atoms with van der Waals surface area (Å²) in [6.07, 6.45) is 0.528. The van der Waals surface area contributed by atoms with E-state index in [4.69, 9.17) is 5.11 Å². The third-order valence-electron chi connectivity index (χ3n) is 4.36. The van der Waals surface area contributed by atoms with Gasteiger partial charge in [0.05, 0.1) is 5.56 Å². The predicted octanol–water partition coefficient (Wildman–Crippen LogP) is 2.79. The highest BCUT2D eigenvalue weighted by molar-refractivity contribution is 8.00. The number of para-hydroxylation sites is 1. The second-order valence-electron chi connectivity index (χ2n) is 6.23. The molecular weight excluding hydrogens is 364 g/mol. The highest BCUT2D eigenvalue weighted by Crippen LogP contribution is 2.27. The van der Waals surface area contributed by atoms with E-state index in [0.29, 0.717) is 23.4 Å². The minimum atomic E-state index is -0.945. The number of aliphatic carboxylic acids is 1. The van der Waals surface area contributed by atoms with E-state index in [9.17, 15) is 14.4 Å². The van der Waals surface area contributed by atoms with E-state index in [0.717, 1.165) is 17.4 Å². The van der Waals surface area contributed by atoms with Gasteiger partial charge in [-0.1, -0.05) is 30.3 Å². The number of carbonyl (C=O) groups excluding carboxylic acids is 2. The highest BCUT2D eigenvalue weighted by Gasteiger charge is 2.34. The number of nitrogens with zero attached hydrogens (tertiary/aromatic N) is 1. The molecule has 7 heteroatoms. The third-order valence-corrected chi connectivity index (χ3v) is 5.53. The molecule has 27 heavy (non-hydrogen) atoms. The van der Waals surface area contributed by atoms with Crippen LogP contribution in [0.5, 0.6) is 0 Å². The fraction of sp³-hybridized carbons (Fsp3) is 0.250. The molecule has 2 aromatic carbocycles. The van der Waals surface area contributed by atoms with Gasteiger partial charge in [0, 0.05) is 17.1 Å². The maximum Gasteiger partial charge on any atom is 0.316 e. The van der Waals surface area contributed by atoms with E-state index in [2.05, 4.69) is 5.32 Å². The molecule has 0 spiro atoms. The van der Waals surface area contributed by atoms with Crippen LogP contribution < -0.4 is 10.2 Å². The number of amides is 2. The molecule has 0 aromatic heterocycles. The molecule has 0 aliphatic carbocycles. The summed E-state index contributed by atoms with van der Waals surface area (Å²) in [5, 5.41) is 11.2. The van der Waals surface area contributed by atoms with Gasteiger partial charge < -0.3 is 15.3 Å². The molecule has 0 bridgehead atoms. The van der Waals surface area contributed by atoms with Gasteiger partial charge >= 0.3 is 5.97 Å². The van der Waals surface area contributed by atoms with Crippen molar-refractivity contribution in [3.8, 4) is 0 Å². The van der Waals surface area contributed by atoms with Gasteiger partial charge in [-0.15, -0.1) is 11.8 Å². The lowest BCUT2D eigenvalue weighted by Crippen LogP contribution is -2.41. The van der Waals surface area contributed by atoms with Crippen LogP contribution in [-0.2, 0) is 9.59 Å². The number of carboxylic acid groups (broad SMARTS) is 1. The van der Waals surface area contributed by atoms with Crippen LogP contribution in [0.15, 0.2) is 59.5 Å². The van der Waals surface area contributed by atoms with Crippen LogP contribution in [0, 0.1) is 0 Å². The number of rotatable bonds is 6. The first-order valence-electron chi connectivity index (χ1n) is 8.63. The van der Waals surface area contributed by atoms with Gasteiger partial charge in [0.1, 0.15) is 11.3 Å². The lowest BCUT2D eigenvalue weighted by molar-refractivity contribution is -0.136. The van der Waals surface area contributed by atoms with Crippen molar-refractivity contribution >= 4 is 35.2 Å². The van der Waals surface area contributed by atoms with Gasteiger partial charge in [-0.3, -0.25) is 14.4 Å². The zero-order chi connectivity index (χ0) is 19.4. The summed E-state index contributed by atoms with van der Waals surface area (Å²) in [7, 11) is 0. The molecule has 0 radical (unpaired) electrons. The largest absolute Gasteiger partial charge is 0.480 e. The average Bonchev–Trinajstić information content (AvgIpc) is 3.03. The Morgan fingerprint density at radius 2 is 1.81 bits per heavy atom. The van der Waals surface area contributed by atoms with Crippen molar-refractivity contribution in [2.24, 2.45) is 0 Å². The van der Waals surface area contributed by atoms with Crippen molar-refractivity contribution in [1.29, 1.82) is 0 Å². The molecule has 0 saturated carbocycles. The Labute approximate surface area is 161 Å². The summed E-state index contributed by atoms with van der Waals surface area (Å²) < 4.78 is 0. The molecular formula is C20H20N2O4S. The SMILES string of the molecule is CC(Sc1ccccc1C(=O)NC1CCN(c2ccccc2)C1=O)C(=O)O. The Morgan fingerprint density at radius 1 is 1.15 bits per heavy atom. The summed E-state index contributed by atoms with van der Waals surface area (Å²) >= 11 is 1.11. The standard InChI is InChI=1S/C20H20N2O4S/c1-13(20(25)26)27-17-10-6-5-9-15(17)18(23)21-16-11-12-22(19(16)24)14-7-3-2-4-8-14/h2-10,13,16H,11-12H2,1H3,(H,21,23)(H,25,26). The minimum absolute atomic E-state index is 0.140. The first-order valence-corrected chi connectivity index (χ1v) is 9.51. The topological polar surface area (TPSA) is 86.7 Å². The van der Waals surface area contributed by atoms with Gasteiger partial charge in [-0.25, -0.2) is 0 Å². The summed E-state index contributed by atoms with van der Waals surface area (Å²) in [5.74, 6) is -1.46. The molecule has 2 N–H and O–H groups in total. The van der Waals surface area contributed by atoms with E-state index in [1.165, 1.54) is 0 Å². The fourth-order valence-electron chi connectivity index (χ4n) is 2.91. The summed E-state index contributed by atoms with van der Waals surface area (Å²) in [6, 6.07) is 15.6. The van der Waals surface area contributed by atoms with E-state index < -0.39 is 17.3 Å². The van der Waals surface area contributed by atoms with Gasteiger partial charge in [-0.05, 0) is 37.6 Å². The maximum atomic E-state index is 12.7. The van der Waals surface area contributed by atoms with E-state index in [-0.39, 0.29) is 11.8 Å². The van der Waals surface area contributed by atoms with Gasteiger partial charge in [0.25, 0.3) is 5.91 Å². The first kappa shape index (κ1) is 19.0. The van der Waals surface area contributed by atoms with Gasteiger partial charge in [-0.2, -0.15) is 0 Å². The van der Waals surface area contributed by atoms with E-state index in [1.807, 2.05) is 30.3 Å². The molecule has 6 nitrogen and oxygen atoms in total. The second kappa shape index (κ2) is 8.26. The van der Waals surface area contributed by atoms with Crippen molar-refractivity contribution in [2.75, 3.05) is 11.4 Å². The second-order valence-corrected chi connectivity index (χ2v) is 7.62. The van der Waals surface area contributed by atoms with Crippen molar-refractivity contribution in [3.05, 3.63) is 60.2 Å². The fourth-order valence-corrected chi connectivity index (χ4v) is 3.84. The van der Waals surface area contributed by atoms with Crippen LogP contribution >= 0.6 is 11.8 Å². The number of nitrogens with one attached hydrogen (secondary N) is 1.